The van der Waals surface area contributed by atoms with E-state index >= 15 is 0 Å². The van der Waals surface area contributed by atoms with E-state index in [0.717, 1.165) is 12.8 Å². The number of unbranched alkanes of at least 4 members (excludes halogenated alkanes) is 8. The smallest absolute Gasteiger partial charge is 0.313 e. The average molecular weight is 279 g/mol. The monoisotopic (exact) mass is 279 g/mol. The van der Waals surface area contributed by atoms with Crippen LogP contribution in [0.5, 0.6) is 0 Å². The van der Waals surface area contributed by atoms with Crippen molar-refractivity contribution in [2.45, 2.75) is 84.5 Å². The van der Waals surface area contributed by atoms with E-state index < -0.39 is 5.97 Å². The van der Waals surface area contributed by atoms with E-state index in [0.29, 0.717) is 6.42 Å². The predicted octanol–water partition coefficient (Wildman–Crippen LogP) is 4.01. The van der Waals surface area contributed by atoms with E-state index in [2.05, 4.69) is 11.7 Å². The van der Waals surface area contributed by atoms with Crippen molar-refractivity contribution in [3.63, 3.8) is 0 Å². The molecule has 0 heterocycles. The van der Waals surface area contributed by atoms with Gasteiger partial charge in [0.1, 0.15) is 0 Å². The maximum absolute atomic E-state index is 11.2. The first-order valence-electron chi connectivity index (χ1n) is 7.44. The molecule has 0 spiro atoms. The number of esters is 2. The minimum absolute atomic E-state index is 0. The summed E-state index contributed by atoms with van der Waals surface area (Å²) in [6.07, 6.45) is 11.6. The summed E-state index contributed by atoms with van der Waals surface area (Å²) in [6, 6.07) is 0. The maximum Gasteiger partial charge on any atom is 0.313 e. The Bertz CT molecular complexity index is 229. The van der Waals surface area contributed by atoms with Crippen LogP contribution in [0.15, 0.2) is 0 Å². The van der Waals surface area contributed by atoms with Gasteiger partial charge in [-0.25, -0.2) is 0 Å². The van der Waals surface area contributed by atoms with Crippen LogP contribution in [0.4, 0.5) is 0 Å². The zero-order valence-electron chi connectivity index (χ0n) is 13.0. The van der Waals surface area contributed by atoms with Gasteiger partial charge in [0, 0.05) is 42.4 Å². The van der Waals surface area contributed by atoms with Crippen LogP contribution in [0.2, 0.25) is 0 Å². The Hall–Kier alpha value is 0.140. The number of rotatable bonds is 11. The molecule has 0 aliphatic rings. The number of carbonyl (C=O) groups excluding carboxylic acids is 2. The van der Waals surface area contributed by atoms with E-state index in [4.69, 9.17) is 0 Å². The molecule has 0 aliphatic carbocycles. The zero-order valence-corrected chi connectivity index (χ0v) is 15.0. The van der Waals surface area contributed by atoms with Crippen LogP contribution in [0.25, 0.3) is 0 Å². The Morgan fingerprint density at radius 3 is 1.68 bits per heavy atom. The van der Waals surface area contributed by atoms with Gasteiger partial charge in [-0.2, -0.15) is 0 Å². The molecule has 0 bridgehead atoms. The minimum Gasteiger partial charge on any atom is -0.393 e. The third-order valence-electron chi connectivity index (χ3n) is 3.00. The number of hydrogen-bond acceptors (Lipinski definition) is 3. The summed E-state index contributed by atoms with van der Waals surface area (Å²) in [6.45, 7) is 3.91. The van der Waals surface area contributed by atoms with Gasteiger partial charge in [-0.15, -0.1) is 0 Å². The molecular formula is C15H28NaO3. The van der Waals surface area contributed by atoms with Crippen LogP contribution >= 0.6 is 0 Å². The van der Waals surface area contributed by atoms with Crippen molar-refractivity contribution in [2.75, 3.05) is 0 Å². The third kappa shape index (κ3) is 16.1. The molecule has 19 heavy (non-hydrogen) atoms. The zero-order chi connectivity index (χ0) is 13.6. The van der Waals surface area contributed by atoms with Gasteiger partial charge in [-0.05, 0) is 6.42 Å². The summed E-state index contributed by atoms with van der Waals surface area (Å²) in [7, 11) is 0. The van der Waals surface area contributed by atoms with E-state index in [1.807, 2.05) is 0 Å². The molecule has 0 aliphatic heterocycles. The van der Waals surface area contributed by atoms with Crippen molar-refractivity contribution in [2.24, 2.45) is 0 Å². The SMILES string of the molecule is CCCCCCCCCCCC(=O)OC(=O)CC.[Na]. The molecule has 0 fully saturated rings. The van der Waals surface area contributed by atoms with Gasteiger partial charge in [0.2, 0.25) is 0 Å². The maximum atomic E-state index is 11.2. The molecule has 0 atom stereocenters. The van der Waals surface area contributed by atoms with Crippen molar-refractivity contribution >= 4 is 41.5 Å². The first-order valence-corrected chi connectivity index (χ1v) is 7.44. The normalized spacial score (nSPS) is 9.79. The molecule has 4 heteroatoms. The van der Waals surface area contributed by atoms with Crippen LogP contribution in [0.1, 0.15) is 84.5 Å². The van der Waals surface area contributed by atoms with E-state index in [9.17, 15) is 9.59 Å². The van der Waals surface area contributed by atoms with Gasteiger partial charge in [-0.1, -0.05) is 65.2 Å². The van der Waals surface area contributed by atoms with Crippen LogP contribution in [0, 0.1) is 0 Å². The molecule has 0 aromatic heterocycles. The molecule has 0 N–H and O–H groups in total. The van der Waals surface area contributed by atoms with Crippen LogP contribution < -0.4 is 0 Å². The van der Waals surface area contributed by atoms with Gasteiger partial charge in [0.25, 0.3) is 0 Å². The van der Waals surface area contributed by atoms with Gasteiger partial charge in [-0.3, -0.25) is 9.59 Å². The quantitative estimate of drug-likeness (QED) is 0.248. The van der Waals surface area contributed by atoms with Crippen molar-refractivity contribution in [1.82, 2.24) is 0 Å². The molecule has 107 valence electrons. The van der Waals surface area contributed by atoms with Crippen LogP contribution in [-0.4, -0.2) is 41.5 Å². The number of ether oxygens (including phenoxy) is 1. The summed E-state index contributed by atoms with van der Waals surface area (Å²) in [5, 5.41) is 0. The summed E-state index contributed by atoms with van der Waals surface area (Å²) in [4.78, 5) is 22.0. The molecule has 0 saturated heterocycles. The van der Waals surface area contributed by atoms with Gasteiger partial charge in [0.15, 0.2) is 0 Å². The fraction of sp³-hybridized carbons (Fsp3) is 0.867. The average Bonchev–Trinajstić information content (AvgIpc) is 2.36. The van der Waals surface area contributed by atoms with E-state index in [1.54, 1.807) is 6.92 Å². The van der Waals surface area contributed by atoms with Crippen molar-refractivity contribution in [1.29, 1.82) is 0 Å². The summed E-state index contributed by atoms with van der Waals surface area (Å²) in [5.74, 6) is -0.791. The first kappa shape index (κ1) is 21.4. The Kier molecular flexibility index (Phi) is 18.3. The second kappa shape index (κ2) is 16.2. The van der Waals surface area contributed by atoms with Gasteiger partial charge < -0.3 is 4.74 Å². The van der Waals surface area contributed by atoms with Crippen LogP contribution in [-0.2, 0) is 14.3 Å². The first-order chi connectivity index (χ1) is 8.70. The summed E-state index contributed by atoms with van der Waals surface area (Å²) in [5.41, 5.74) is 0. The summed E-state index contributed by atoms with van der Waals surface area (Å²) >= 11 is 0. The molecule has 0 aromatic rings. The Morgan fingerprint density at radius 2 is 1.21 bits per heavy atom. The fourth-order valence-electron chi connectivity index (χ4n) is 1.83. The van der Waals surface area contributed by atoms with Gasteiger partial charge >= 0.3 is 11.9 Å². The molecule has 0 unspecified atom stereocenters. The molecule has 0 rings (SSSR count). The summed E-state index contributed by atoms with van der Waals surface area (Å²) < 4.78 is 4.59. The predicted molar refractivity (Wildman–Crippen MR) is 79.0 cm³/mol. The molecule has 3 nitrogen and oxygen atoms in total. The molecule has 0 amide bonds. The van der Waals surface area contributed by atoms with Crippen LogP contribution in [0.3, 0.4) is 0 Å². The fourth-order valence-corrected chi connectivity index (χ4v) is 1.83. The van der Waals surface area contributed by atoms with E-state index in [-0.39, 0.29) is 41.9 Å². The Balaban J connectivity index is 0. The number of hydrogen-bond donors (Lipinski definition) is 0. The second-order valence-electron chi connectivity index (χ2n) is 4.78. The molecule has 0 aromatic carbocycles. The van der Waals surface area contributed by atoms with E-state index in [1.165, 1.54) is 44.9 Å². The third-order valence-corrected chi connectivity index (χ3v) is 3.00. The van der Waals surface area contributed by atoms with Gasteiger partial charge in [0.05, 0.1) is 0 Å². The largest absolute Gasteiger partial charge is 0.393 e. The van der Waals surface area contributed by atoms with Crippen molar-refractivity contribution in [3.8, 4) is 0 Å². The number of carbonyl (C=O) groups is 2. The standard InChI is InChI=1S/C15H28O3.Na/c1-3-5-6-7-8-9-10-11-12-13-15(17)18-14(16)4-2;/h3-13H2,1-2H3;. The van der Waals surface area contributed by atoms with Crippen molar-refractivity contribution in [3.05, 3.63) is 0 Å². The minimum atomic E-state index is -0.420. The molecule has 0 saturated carbocycles. The van der Waals surface area contributed by atoms with Crippen molar-refractivity contribution < 1.29 is 14.3 Å². The Labute approximate surface area is 140 Å². The topological polar surface area (TPSA) is 43.4 Å². The Morgan fingerprint density at radius 1 is 0.737 bits per heavy atom. The second-order valence-corrected chi connectivity index (χ2v) is 4.78. The molecular weight excluding hydrogens is 251 g/mol. The molecule has 1 radical (unpaired) electrons.